The van der Waals surface area contributed by atoms with Crippen LogP contribution in [0.4, 0.5) is 0 Å². The molecular weight excluding hydrogens is 278 g/mol. The molecule has 0 spiro atoms. The summed E-state index contributed by atoms with van der Waals surface area (Å²) in [6.07, 6.45) is 2.41. The van der Waals surface area contributed by atoms with Crippen molar-refractivity contribution in [3.63, 3.8) is 0 Å². The summed E-state index contributed by atoms with van der Waals surface area (Å²) in [5, 5.41) is 17.8. The maximum Gasteiger partial charge on any atom is 0.234 e. The molecule has 2 aromatic heterocycles. The Morgan fingerprint density at radius 2 is 2.25 bits per heavy atom. The van der Waals surface area contributed by atoms with E-state index in [1.54, 1.807) is 4.68 Å². The third kappa shape index (κ3) is 2.25. The number of aromatic nitrogens is 5. The lowest BCUT2D eigenvalue weighted by atomic mass is 10.1. The first-order valence-corrected chi connectivity index (χ1v) is 7.38. The number of ether oxygens (including phenoxy) is 1. The van der Waals surface area contributed by atoms with E-state index in [2.05, 4.69) is 34.4 Å². The quantitative estimate of drug-likeness (QED) is 0.801. The van der Waals surface area contributed by atoms with Crippen molar-refractivity contribution in [2.75, 3.05) is 6.61 Å². The molecule has 1 unspecified atom stereocenters. The highest BCUT2D eigenvalue weighted by molar-refractivity contribution is 7.13. The fraction of sp³-hybridized carbons (Fsp3) is 0.583. The van der Waals surface area contributed by atoms with Crippen molar-refractivity contribution in [2.45, 2.75) is 38.7 Å². The predicted octanol–water partition coefficient (Wildman–Crippen LogP) is 1.91. The van der Waals surface area contributed by atoms with Crippen molar-refractivity contribution in [3.8, 4) is 5.13 Å². The molecule has 0 bridgehead atoms. The second-order valence-electron chi connectivity index (χ2n) is 4.97. The molecule has 1 aliphatic rings. The molecule has 1 fully saturated rings. The zero-order chi connectivity index (χ0) is 14.1. The van der Waals surface area contributed by atoms with Crippen LogP contribution >= 0.6 is 11.3 Å². The van der Waals surface area contributed by atoms with E-state index < -0.39 is 0 Å². The van der Waals surface area contributed by atoms with Gasteiger partial charge in [-0.25, -0.2) is 0 Å². The molecule has 3 heterocycles. The number of rotatable bonds is 4. The van der Waals surface area contributed by atoms with Crippen molar-refractivity contribution in [3.05, 3.63) is 16.4 Å². The zero-order valence-electron chi connectivity index (χ0n) is 11.3. The molecule has 3 rings (SSSR count). The smallest absolute Gasteiger partial charge is 0.234 e. The van der Waals surface area contributed by atoms with E-state index in [4.69, 9.17) is 4.74 Å². The minimum absolute atomic E-state index is 0.142. The van der Waals surface area contributed by atoms with E-state index in [9.17, 15) is 4.79 Å². The molecule has 1 aliphatic heterocycles. The minimum atomic E-state index is -0.142. The molecule has 2 aromatic rings. The Morgan fingerprint density at radius 1 is 1.40 bits per heavy atom. The van der Waals surface area contributed by atoms with Gasteiger partial charge >= 0.3 is 0 Å². The molecule has 0 radical (unpaired) electrons. The number of hydrogen-bond donors (Lipinski definition) is 0. The Bertz CT molecular complexity index is 615. The van der Waals surface area contributed by atoms with E-state index in [0.29, 0.717) is 35.3 Å². The lowest BCUT2D eigenvalue weighted by Crippen LogP contribution is -2.08. The minimum Gasteiger partial charge on any atom is -0.372 e. The summed E-state index contributed by atoms with van der Waals surface area (Å²) in [6.45, 7) is 4.81. The Kier molecular flexibility index (Phi) is 3.58. The van der Waals surface area contributed by atoms with E-state index in [-0.39, 0.29) is 6.10 Å². The van der Waals surface area contributed by atoms with Crippen molar-refractivity contribution in [1.29, 1.82) is 0 Å². The average Bonchev–Trinajstić information content (AvgIpc) is 3.17. The number of hydrogen-bond acceptors (Lipinski definition) is 7. The molecule has 0 amide bonds. The Hall–Kier alpha value is -1.67. The van der Waals surface area contributed by atoms with Gasteiger partial charge in [-0.15, -0.1) is 15.3 Å². The summed E-state index contributed by atoms with van der Waals surface area (Å²) >= 11 is 1.46. The second-order valence-corrected chi connectivity index (χ2v) is 5.96. The molecule has 20 heavy (non-hydrogen) atoms. The second kappa shape index (κ2) is 5.37. The summed E-state index contributed by atoms with van der Waals surface area (Å²) in [6, 6.07) is 0. The molecule has 0 aromatic carbocycles. The van der Waals surface area contributed by atoms with Crippen molar-refractivity contribution in [2.24, 2.45) is 0 Å². The topological polar surface area (TPSA) is 82.8 Å². The van der Waals surface area contributed by atoms with Gasteiger partial charge in [-0.2, -0.15) is 4.68 Å². The van der Waals surface area contributed by atoms with Gasteiger partial charge in [0.1, 0.15) is 16.8 Å². The monoisotopic (exact) mass is 293 g/mol. The van der Waals surface area contributed by atoms with Crippen LogP contribution < -0.4 is 0 Å². The first kappa shape index (κ1) is 13.3. The molecule has 7 nitrogen and oxygen atoms in total. The number of aldehydes is 1. The van der Waals surface area contributed by atoms with Crippen LogP contribution in [0.2, 0.25) is 0 Å². The van der Waals surface area contributed by atoms with Crippen LogP contribution in [0, 0.1) is 0 Å². The number of carbonyl (C=O) groups excluding carboxylic acids is 1. The third-order valence-electron chi connectivity index (χ3n) is 3.18. The van der Waals surface area contributed by atoms with Crippen LogP contribution in [0.5, 0.6) is 0 Å². The predicted molar refractivity (Wildman–Crippen MR) is 72.2 cm³/mol. The maximum atomic E-state index is 11.1. The number of carbonyl (C=O) groups is 1. The fourth-order valence-electron chi connectivity index (χ4n) is 2.17. The molecular formula is C12H15N5O2S. The van der Waals surface area contributed by atoms with Crippen LogP contribution in [0.1, 0.15) is 59.9 Å². The highest BCUT2D eigenvalue weighted by atomic mass is 32.1. The SMILES string of the molecule is CC(C)c1nnc(-n2nnc(C=O)c2C2CCCO2)s1. The lowest BCUT2D eigenvalue weighted by molar-refractivity contribution is 0.102. The molecule has 0 N–H and O–H groups in total. The van der Waals surface area contributed by atoms with E-state index in [0.717, 1.165) is 17.8 Å². The average molecular weight is 293 g/mol. The fourth-order valence-corrected chi connectivity index (χ4v) is 2.97. The van der Waals surface area contributed by atoms with Crippen LogP contribution in [0.15, 0.2) is 0 Å². The molecule has 1 saturated heterocycles. The largest absolute Gasteiger partial charge is 0.372 e. The van der Waals surface area contributed by atoms with Gasteiger partial charge in [0.15, 0.2) is 12.0 Å². The van der Waals surface area contributed by atoms with Gasteiger partial charge in [0.2, 0.25) is 5.13 Å². The Labute approximate surface area is 120 Å². The molecule has 0 aliphatic carbocycles. The van der Waals surface area contributed by atoms with Gasteiger partial charge in [-0.1, -0.05) is 30.4 Å². The van der Waals surface area contributed by atoms with Crippen molar-refractivity contribution in [1.82, 2.24) is 25.2 Å². The number of nitrogens with zero attached hydrogens (tertiary/aromatic N) is 5. The van der Waals surface area contributed by atoms with E-state index in [1.165, 1.54) is 11.3 Å². The molecule has 1 atom stereocenters. The zero-order valence-corrected chi connectivity index (χ0v) is 12.1. The van der Waals surface area contributed by atoms with Gasteiger partial charge in [0.25, 0.3) is 0 Å². The molecule has 0 saturated carbocycles. The normalized spacial score (nSPS) is 18.9. The van der Waals surface area contributed by atoms with Crippen LogP contribution in [0.25, 0.3) is 5.13 Å². The van der Waals surface area contributed by atoms with Gasteiger partial charge in [0.05, 0.1) is 0 Å². The maximum absolute atomic E-state index is 11.1. The van der Waals surface area contributed by atoms with Crippen LogP contribution in [-0.4, -0.2) is 38.1 Å². The molecule has 8 heteroatoms. The standard InChI is InChI=1S/C12H15N5O2S/c1-7(2)11-14-15-12(20-11)17-10(8(6-18)13-16-17)9-4-3-5-19-9/h6-7,9H,3-5H2,1-2H3. The van der Waals surface area contributed by atoms with Gasteiger partial charge in [0, 0.05) is 12.5 Å². The van der Waals surface area contributed by atoms with Crippen molar-refractivity contribution < 1.29 is 9.53 Å². The first-order valence-electron chi connectivity index (χ1n) is 6.57. The highest BCUT2D eigenvalue weighted by Crippen LogP contribution is 2.32. The Morgan fingerprint density at radius 3 is 2.85 bits per heavy atom. The first-order chi connectivity index (χ1) is 9.70. The summed E-state index contributed by atoms with van der Waals surface area (Å²) in [5.41, 5.74) is 1.00. The van der Waals surface area contributed by atoms with Gasteiger partial charge in [-0.05, 0) is 12.8 Å². The Balaban J connectivity index is 2.03. The summed E-state index contributed by atoms with van der Waals surface area (Å²) in [4.78, 5) is 11.1. The van der Waals surface area contributed by atoms with Gasteiger partial charge in [-0.3, -0.25) is 4.79 Å². The van der Waals surface area contributed by atoms with Crippen LogP contribution in [0.3, 0.4) is 0 Å². The lowest BCUT2D eigenvalue weighted by Gasteiger charge is -2.09. The van der Waals surface area contributed by atoms with Crippen molar-refractivity contribution >= 4 is 17.6 Å². The highest BCUT2D eigenvalue weighted by Gasteiger charge is 2.28. The third-order valence-corrected chi connectivity index (χ3v) is 4.38. The van der Waals surface area contributed by atoms with Gasteiger partial charge < -0.3 is 4.74 Å². The van der Waals surface area contributed by atoms with Crippen LogP contribution in [-0.2, 0) is 4.74 Å². The van der Waals surface area contributed by atoms with E-state index in [1.807, 2.05) is 0 Å². The van der Waals surface area contributed by atoms with E-state index >= 15 is 0 Å². The summed E-state index contributed by atoms with van der Waals surface area (Å²) < 4.78 is 7.24. The summed E-state index contributed by atoms with van der Waals surface area (Å²) in [7, 11) is 0. The molecule has 106 valence electrons. The summed E-state index contributed by atoms with van der Waals surface area (Å²) in [5.74, 6) is 0.307.